The Kier molecular flexibility index (Phi) is 9.81. The molecule has 3 amide bonds. The molecule has 47 heavy (non-hydrogen) atoms. The standard InChI is InChI=1S/C38H29ClN4O3S/c39-28-15-17-29(18-16-28)42-38(46)35(25-9-3-1-4-10-25)47-31-21-19-30(20-22-31)41-37(45)34(43-36(44)26-11-5-2-6-12-26)23-27-24-40-33-14-8-7-13-32(27)33/h1-24,35,40H,(H,41,45)(H,42,46)(H,43,44). The number of rotatable bonds is 10. The lowest BCUT2D eigenvalue weighted by Gasteiger charge is -2.17. The van der Waals surface area contributed by atoms with Crippen molar-refractivity contribution < 1.29 is 14.4 Å². The number of carbonyl (C=O) groups is 3. The average Bonchev–Trinajstić information content (AvgIpc) is 3.52. The number of nitrogens with one attached hydrogen (secondary N) is 4. The molecule has 7 nitrogen and oxygen atoms in total. The first kappa shape index (κ1) is 31.4. The fraction of sp³-hybridized carbons (Fsp3) is 0.0263. The van der Waals surface area contributed by atoms with Gasteiger partial charge in [0.05, 0.1) is 0 Å². The third-order valence-corrected chi connectivity index (χ3v) is 8.79. The molecule has 6 rings (SSSR count). The number of para-hydroxylation sites is 1. The molecule has 0 bridgehead atoms. The van der Waals surface area contributed by atoms with E-state index in [9.17, 15) is 14.4 Å². The number of H-pyrrole nitrogens is 1. The Hall–Kier alpha value is -5.57. The summed E-state index contributed by atoms with van der Waals surface area (Å²) < 4.78 is 0. The molecule has 0 saturated heterocycles. The second-order valence-corrected chi connectivity index (χ2v) is 12.2. The molecular weight excluding hydrogens is 628 g/mol. The van der Waals surface area contributed by atoms with Gasteiger partial charge in [-0.05, 0) is 78.4 Å². The zero-order chi connectivity index (χ0) is 32.6. The van der Waals surface area contributed by atoms with Gasteiger partial charge in [-0.1, -0.05) is 78.3 Å². The normalized spacial score (nSPS) is 11.9. The molecule has 0 saturated carbocycles. The highest BCUT2D eigenvalue weighted by molar-refractivity contribution is 8.00. The lowest BCUT2D eigenvalue weighted by atomic mass is 10.1. The van der Waals surface area contributed by atoms with E-state index in [-0.39, 0.29) is 11.6 Å². The van der Waals surface area contributed by atoms with Crippen LogP contribution in [-0.4, -0.2) is 22.7 Å². The van der Waals surface area contributed by atoms with Crippen LogP contribution in [0, 0.1) is 0 Å². The van der Waals surface area contributed by atoms with Crippen molar-refractivity contribution in [1.29, 1.82) is 0 Å². The molecule has 0 radical (unpaired) electrons. The van der Waals surface area contributed by atoms with Crippen LogP contribution in [0.25, 0.3) is 17.0 Å². The number of amides is 3. The van der Waals surface area contributed by atoms with Crippen LogP contribution < -0.4 is 16.0 Å². The molecular formula is C38H29ClN4O3S. The quantitative estimate of drug-likeness (QED) is 0.0875. The number of anilines is 2. The lowest BCUT2D eigenvalue weighted by Crippen LogP contribution is -2.30. The summed E-state index contributed by atoms with van der Waals surface area (Å²) in [5, 5.41) is 9.63. The largest absolute Gasteiger partial charge is 0.361 e. The zero-order valence-electron chi connectivity index (χ0n) is 24.9. The summed E-state index contributed by atoms with van der Waals surface area (Å²) in [5.41, 5.74) is 4.22. The number of carbonyl (C=O) groups excluding carboxylic acids is 3. The first-order chi connectivity index (χ1) is 22.9. The molecule has 0 aliphatic heterocycles. The fourth-order valence-corrected chi connectivity index (χ4v) is 6.05. The fourth-order valence-electron chi connectivity index (χ4n) is 4.90. The van der Waals surface area contributed by atoms with Crippen molar-refractivity contribution in [2.24, 2.45) is 0 Å². The Morgan fingerprint density at radius 1 is 0.702 bits per heavy atom. The summed E-state index contributed by atoms with van der Waals surface area (Å²) >= 11 is 7.40. The predicted molar refractivity (Wildman–Crippen MR) is 190 cm³/mol. The minimum absolute atomic E-state index is 0.0880. The number of halogens is 1. The highest BCUT2D eigenvalue weighted by atomic mass is 35.5. The highest BCUT2D eigenvalue weighted by Gasteiger charge is 2.23. The summed E-state index contributed by atoms with van der Waals surface area (Å²) in [5.74, 6) is -1.06. The van der Waals surface area contributed by atoms with Crippen LogP contribution >= 0.6 is 23.4 Å². The van der Waals surface area contributed by atoms with Crippen molar-refractivity contribution in [3.8, 4) is 0 Å². The van der Waals surface area contributed by atoms with Crippen LogP contribution in [-0.2, 0) is 9.59 Å². The second kappa shape index (κ2) is 14.7. The Balaban J connectivity index is 1.20. The molecule has 0 aliphatic rings. The molecule has 1 atom stereocenters. The topological polar surface area (TPSA) is 103 Å². The number of benzene rings is 5. The minimum Gasteiger partial charge on any atom is -0.361 e. The maximum absolute atomic E-state index is 13.6. The number of aromatic nitrogens is 1. The smallest absolute Gasteiger partial charge is 0.272 e. The van der Waals surface area contributed by atoms with Crippen molar-refractivity contribution in [2.75, 3.05) is 10.6 Å². The third kappa shape index (κ3) is 7.99. The van der Waals surface area contributed by atoms with Crippen LogP contribution in [0.2, 0.25) is 5.02 Å². The Morgan fingerprint density at radius 3 is 2.04 bits per heavy atom. The van der Waals surface area contributed by atoms with E-state index < -0.39 is 17.1 Å². The SMILES string of the molecule is O=C(Nc1ccc(SC(C(=O)Nc2ccc(Cl)cc2)c2ccccc2)cc1)C(=Cc1c[nH]c2ccccc12)NC(=O)c1ccccc1. The van der Waals surface area contributed by atoms with Gasteiger partial charge in [-0.15, -0.1) is 11.8 Å². The van der Waals surface area contributed by atoms with Crippen LogP contribution in [0.15, 0.2) is 150 Å². The summed E-state index contributed by atoms with van der Waals surface area (Å²) in [6.07, 6.45) is 3.45. The number of fused-ring (bicyclic) bond motifs is 1. The first-order valence-corrected chi connectivity index (χ1v) is 16.0. The van der Waals surface area contributed by atoms with Gasteiger partial charge >= 0.3 is 0 Å². The van der Waals surface area contributed by atoms with Gasteiger partial charge in [0.25, 0.3) is 11.8 Å². The van der Waals surface area contributed by atoms with Gasteiger partial charge in [0.15, 0.2) is 0 Å². The van der Waals surface area contributed by atoms with Gasteiger partial charge < -0.3 is 20.9 Å². The maximum Gasteiger partial charge on any atom is 0.272 e. The Morgan fingerprint density at radius 2 is 1.32 bits per heavy atom. The molecule has 0 aliphatic carbocycles. The summed E-state index contributed by atoms with van der Waals surface area (Å²) in [4.78, 5) is 44.1. The lowest BCUT2D eigenvalue weighted by molar-refractivity contribution is -0.116. The number of aromatic amines is 1. The van der Waals surface area contributed by atoms with Crippen LogP contribution in [0.5, 0.6) is 0 Å². The van der Waals surface area contributed by atoms with E-state index >= 15 is 0 Å². The number of hydrogen-bond acceptors (Lipinski definition) is 4. The van der Waals surface area contributed by atoms with E-state index in [0.29, 0.717) is 22.0 Å². The molecule has 1 heterocycles. The molecule has 9 heteroatoms. The molecule has 1 unspecified atom stereocenters. The summed E-state index contributed by atoms with van der Waals surface area (Å²) in [6, 6.07) is 40.2. The molecule has 0 fully saturated rings. The monoisotopic (exact) mass is 656 g/mol. The Bertz CT molecular complexity index is 2040. The molecule has 4 N–H and O–H groups in total. The van der Waals surface area contributed by atoms with E-state index in [2.05, 4.69) is 20.9 Å². The Labute approximate surface area is 281 Å². The van der Waals surface area contributed by atoms with E-state index in [1.807, 2.05) is 72.8 Å². The van der Waals surface area contributed by atoms with Gasteiger partial charge in [-0.25, -0.2) is 0 Å². The van der Waals surface area contributed by atoms with E-state index in [1.165, 1.54) is 11.8 Å². The molecule has 6 aromatic rings. The van der Waals surface area contributed by atoms with Crippen LogP contribution in [0.3, 0.4) is 0 Å². The van der Waals surface area contributed by atoms with Gasteiger partial charge in [-0.3, -0.25) is 14.4 Å². The zero-order valence-corrected chi connectivity index (χ0v) is 26.5. The molecule has 232 valence electrons. The maximum atomic E-state index is 13.6. The second-order valence-electron chi connectivity index (χ2n) is 10.6. The number of hydrogen-bond donors (Lipinski definition) is 4. The van der Waals surface area contributed by atoms with Gasteiger partial charge in [0, 0.05) is 49.5 Å². The third-order valence-electron chi connectivity index (χ3n) is 7.27. The van der Waals surface area contributed by atoms with Gasteiger partial charge in [-0.2, -0.15) is 0 Å². The van der Waals surface area contributed by atoms with Gasteiger partial charge in [0.2, 0.25) is 5.91 Å². The summed E-state index contributed by atoms with van der Waals surface area (Å²) in [7, 11) is 0. The minimum atomic E-state index is -0.536. The average molecular weight is 657 g/mol. The van der Waals surface area contributed by atoms with E-state index in [4.69, 9.17) is 11.6 Å². The van der Waals surface area contributed by atoms with Crippen LogP contribution in [0.4, 0.5) is 11.4 Å². The van der Waals surface area contributed by atoms with Crippen LogP contribution in [0.1, 0.15) is 26.7 Å². The van der Waals surface area contributed by atoms with E-state index in [0.717, 1.165) is 26.9 Å². The van der Waals surface area contributed by atoms with Crippen molar-refractivity contribution in [3.05, 3.63) is 167 Å². The van der Waals surface area contributed by atoms with Crippen molar-refractivity contribution in [3.63, 3.8) is 0 Å². The molecule has 5 aromatic carbocycles. The van der Waals surface area contributed by atoms with Gasteiger partial charge in [0.1, 0.15) is 10.9 Å². The predicted octanol–water partition coefficient (Wildman–Crippen LogP) is 8.70. The number of thioether (sulfide) groups is 1. The van der Waals surface area contributed by atoms with Crippen molar-refractivity contribution >= 4 is 69.4 Å². The molecule has 0 spiro atoms. The van der Waals surface area contributed by atoms with Crippen molar-refractivity contribution in [2.45, 2.75) is 10.1 Å². The molecule has 1 aromatic heterocycles. The summed E-state index contributed by atoms with van der Waals surface area (Å²) in [6.45, 7) is 0. The van der Waals surface area contributed by atoms with Crippen molar-refractivity contribution in [1.82, 2.24) is 10.3 Å². The highest BCUT2D eigenvalue weighted by Crippen LogP contribution is 2.37. The first-order valence-electron chi connectivity index (χ1n) is 14.8. The van der Waals surface area contributed by atoms with E-state index in [1.54, 1.807) is 72.9 Å².